The van der Waals surface area contributed by atoms with Crippen molar-refractivity contribution in [3.63, 3.8) is 0 Å². The first-order chi connectivity index (χ1) is 23.7. The van der Waals surface area contributed by atoms with Gasteiger partial charge < -0.3 is 9.47 Å². The van der Waals surface area contributed by atoms with Gasteiger partial charge in [-0.15, -0.1) is 0 Å². The van der Waals surface area contributed by atoms with Gasteiger partial charge in [0.1, 0.15) is 20.3 Å². The molecular formula is C45H77O2Si. The Labute approximate surface area is 301 Å². The molecule has 2 rings (SSSR count). The van der Waals surface area contributed by atoms with Gasteiger partial charge in [0.2, 0.25) is 0 Å². The van der Waals surface area contributed by atoms with Gasteiger partial charge in [-0.05, 0) is 37.1 Å². The lowest BCUT2D eigenvalue weighted by atomic mass is 10.0. The molecule has 1 radical (unpaired) electrons. The summed E-state index contributed by atoms with van der Waals surface area (Å²) in [6, 6.07) is 17.8. The zero-order valence-corrected chi connectivity index (χ0v) is 33.1. The van der Waals surface area contributed by atoms with Crippen molar-refractivity contribution in [1.82, 2.24) is 0 Å². The van der Waals surface area contributed by atoms with E-state index in [0.29, 0.717) is 0 Å². The van der Waals surface area contributed by atoms with Crippen molar-refractivity contribution >= 4 is 19.2 Å². The van der Waals surface area contributed by atoms with E-state index in [-0.39, 0.29) is 0 Å². The van der Waals surface area contributed by atoms with Crippen LogP contribution in [0.1, 0.15) is 194 Å². The number of unbranched alkanes of at least 4 members (excludes halogenated alkanes) is 26. The Hall–Kier alpha value is -1.74. The first-order valence-electron chi connectivity index (χ1n) is 21.0. The molecule has 0 unspecified atom stereocenters. The van der Waals surface area contributed by atoms with Crippen molar-refractivity contribution in [2.24, 2.45) is 0 Å². The van der Waals surface area contributed by atoms with E-state index in [4.69, 9.17) is 9.47 Å². The molecule has 273 valence electrons. The SMILES string of the molecule is CCCCCCCCCCCCCCCCOc1ccc([Si](C)c2ccc(OCCCCCCCCCCCCCCCC)cc2)cc1. The maximum atomic E-state index is 6.07. The second-order valence-corrected chi connectivity index (χ2v) is 17.0. The molecule has 2 aromatic rings. The molecule has 0 amide bonds. The van der Waals surface area contributed by atoms with Gasteiger partial charge in [0, 0.05) is 0 Å². The summed E-state index contributed by atoms with van der Waals surface area (Å²) >= 11 is 0. The Bertz CT molecular complexity index is 863. The van der Waals surface area contributed by atoms with Crippen LogP contribution in [-0.2, 0) is 0 Å². The van der Waals surface area contributed by atoms with Gasteiger partial charge in [0.25, 0.3) is 0 Å². The summed E-state index contributed by atoms with van der Waals surface area (Å²) in [4.78, 5) is 0. The number of rotatable bonds is 34. The van der Waals surface area contributed by atoms with E-state index in [2.05, 4.69) is 68.9 Å². The topological polar surface area (TPSA) is 18.5 Å². The zero-order chi connectivity index (χ0) is 34.2. The van der Waals surface area contributed by atoms with Crippen LogP contribution in [0.4, 0.5) is 0 Å². The van der Waals surface area contributed by atoms with Crippen LogP contribution >= 0.6 is 0 Å². The predicted molar refractivity (Wildman–Crippen MR) is 215 cm³/mol. The molecule has 0 saturated heterocycles. The van der Waals surface area contributed by atoms with Crippen molar-refractivity contribution < 1.29 is 9.47 Å². The normalized spacial score (nSPS) is 11.4. The third kappa shape index (κ3) is 22.8. The summed E-state index contributed by atoms with van der Waals surface area (Å²) in [5.41, 5.74) is 0. The van der Waals surface area contributed by atoms with Gasteiger partial charge in [-0.3, -0.25) is 0 Å². The van der Waals surface area contributed by atoms with E-state index < -0.39 is 8.80 Å². The quantitative estimate of drug-likeness (QED) is 0.0542. The van der Waals surface area contributed by atoms with E-state index in [1.165, 1.54) is 177 Å². The minimum absolute atomic E-state index is 0.788. The van der Waals surface area contributed by atoms with Crippen LogP contribution in [0.2, 0.25) is 6.55 Å². The maximum absolute atomic E-state index is 6.07. The van der Waals surface area contributed by atoms with Crippen molar-refractivity contribution in [1.29, 1.82) is 0 Å². The van der Waals surface area contributed by atoms with Crippen molar-refractivity contribution in [2.75, 3.05) is 13.2 Å². The first kappa shape index (κ1) is 42.4. The number of hydrogen-bond acceptors (Lipinski definition) is 2. The summed E-state index contributed by atoms with van der Waals surface area (Å²) in [5.74, 6) is 2.02. The van der Waals surface area contributed by atoms with Gasteiger partial charge in [-0.2, -0.15) is 0 Å². The van der Waals surface area contributed by atoms with Crippen LogP contribution in [0.15, 0.2) is 48.5 Å². The highest BCUT2D eigenvalue weighted by Gasteiger charge is 2.11. The summed E-state index contributed by atoms with van der Waals surface area (Å²) in [5, 5.41) is 2.86. The molecule has 0 bridgehead atoms. The molecule has 0 saturated carbocycles. The number of hydrogen-bond donors (Lipinski definition) is 0. The molecule has 0 spiro atoms. The average Bonchev–Trinajstić information content (AvgIpc) is 3.12. The van der Waals surface area contributed by atoms with E-state index >= 15 is 0 Å². The summed E-state index contributed by atoms with van der Waals surface area (Å²) in [7, 11) is -0.788. The van der Waals surface area contributed by atoms with Crippen molar-refractivity contribution in [3.8, 4) is 11.5 Å². The predicted octanol–water partition coefficient (Wildman–Crippen LogP) is 13.6. The van der Waals surface area contributed by atoms with Gasteiger partial charge in [0.15, 0.2) is 0 Å². The zero-order valence-electron chi connectivity index (χ0n) is 32.1. The Balaban J connectivity index is 1.44. The van der Waals surface area contributed by atoms with Gasteiger partial charge >= 0.3 is 0 Å². The molecule has 0 N–H and O–H groups in total. The highest BCUT2D eigenvalue weighted by Crippen LogP contribution is 2.16. The van der Waals surface area contributed by atoms with Gasteiger partial charge in [0.05, 0.1) is 13.2 Å². The second kappa shape index (κ2) is 31.3. The number of ether oxygens (including phenoxy) is 2. The largest absolute Gasteiger partial charge is 0.494 e. The third-order valence-electron chi connectivity index (χ3n) is 10.1. The molecule has 0 aliphatic rings. The highest BCUT2D eigenvalue weighted by molar-refractivity contribution is 6.84. The average molecular weight is 678 g/mol. The molecule has 0 aliphatic heterocycles. The third-order valence-corrected chi connectivity index (χ3v) is 12.5. The van der Waals surface area contributed by atoms with Gasteiger partial charge in [-0.25, -0.2) is 0 Å². The Morgan fingerprint density at radius 3 is 0.812 bits per heavy atom. The van der Waals surface area contributed by atoms with Crippen LogP contribution in [-0.4, -0.2) is 22.0 Å². The van der Waals surface area contributed by atoms with E-state index in [9.17, 15) is 0 Å². The summed E-state index contributed by atoms with van der Waals surface area (Å²) < 4.78 is 12.1. The molecule has 3 heteroatoms. The van der Waals surface area contributed by atoms with Crippen LogP contribution in [0.25, 0.3) is 0 Å². The van der Waals surface area contributed by atoms with E-state index in [1.54, 1.807) is 0 Å². The monoisotopic (exact) mass is 678 g/mol. The molecule has 0 heterocycles. The summed E-state index contributed by atoms with van der Waals surface area (Å²) in [6.07, 6.45) is 38.9. The first-order valence-corrected chi connectivity index (χ1v) is 23.0. The lowest BCUT2D eigenvalue weighted by Gasteiger charge is -2.13. The maximum Gasteiger partial charge on any atom is 0.119 e. The molecular weight excluding hydrogens is 601 g/mol. The standard InChI is InChI=1S/C45H77O2Si/c1-4-6-8-10-12-14-16-18-20-22-24-26-28-30-40-46-42-32-36-44(37-33-42)48(3)45-38-34-43(35-39-45)47-41-31-29-27-25-23-21-19-17-15-13-11-9-7-5-2/h32-39H,4-31,40-41H2,1-3H3. The van der Waals surface area contributed by atoms with Crippen molar-refractivity contribution in [3.05, 3.63) is 48.5 Å². The Kier molecular flexibility index (Phi) is 27.6. The van der Waals surface area contributed by atoms with Crippen molar-refractivity contribution in [2.45, 2.75) is 200 Å². The molecule has 0 aliphatic carbocycles. The molecule has 0 atom stereocenters. The van der Waals surface area contributed by atoms with Crippen LogP contribution in [0, 0.1) is 0 Å². The number of benzene rings is 2. The fourth-order valence-electron chi connectivity index (χ4n) is 6.74. The molecule has 0 fully saturated rings. The molecule has 0 aromatic heterocycles. The van der Waals surface area contributed by atoms with Crippen LogP contribution in [0.3, 0.4) is 0 Å². The molecule has 2 aromatic carbocycles. The molecule has 2 nitrogen and oxygen atoms in total. The lowest BCUT2D eigenvalue weighted by molar-refractivity contribution is 0.304. The molecule has 48 heavy (non-hydrogen) atoms. The second-order valence-electron chi connectivity index (χ2n) is 14.6. The van der Waals surface area contributed by atoms with E-state index in [0.717, 1.165) is 37.6 Å². The minimum Gasteiger partial charge on any atom is -0.494 e. The smallest absolute Gasteiger partial charge is 0.119 e. The fraction of sp³-hybridized carbons (Fsp3) is 0.733. The van der Waals surface area contributed by atoms with Crippen LogP contribution in [0.5, 0.6) is 11.5 Å². The highest BCUT2D eigenvalue weighted by atomic mass is 28.3. The summed E-state index contributed by atoms with van der Waals surface area (Å²) in [6.45, 7) is 8.65. The van der Waals surface area contributed by atoms with E-state index in [1.807, 2.05) is 0 Å². The minimum atomic E-state index is -0.788. The Morgan fingerprint density at radius 2 is 0.562 bits per heavy atom. The Morgan fingerprint density at radius 1 is 0.333 bits per heavy atom. The van der Waals surface area contributed by atoms with Gasteiger partial charge in [-0.1, -0.05) is 222 Å². The van der Waals surface area contributed by atoms with Crippen LogP contribution < -0.4 is 19.8 Å². The lowest BCUT2D eigenvalue weighted by Crippen LogP contribution is -2.38. The fourth-order valence-corrected chi connectivity index (χ4v) is 8.41.